The van der Waals surface area contributed by atoms with E-state index in [4.69, 9.17) is 24.4 Å². The van der Waals surface area contributed by atoms with Gasteiger partial charge in [0.15, 0.2) is 0 Å². The van der Waals surface area contributed by atoms with E-state index in [2.05, 4.69) is 37.6 Å². The summed E-state index contributed by atoms with van der Waals surface area (Å²) in [5.41, 5.74) is 2.39. The quantitative estimate of drug-likeness (QED) is 0.473. The zero-order valence-corrected chi connectivity index (χ0v) is 14.3. The van der Waals surface area contributed by atoms with Crippen molar-refractivity contribution in [2.24, 2.45) is 0 Å². The van der Waals surface area contributed by atoms with Crippen molar-refractivity contribution in [3.63, 3.8) is 0 Å². The van der Waals surface area contributed by atoms with Gasteiger partial charge in [0.05, 0.1) is 20.4 Å². The number of unbranched alkanes of at least 4 members (excludes halogenated alkanes) is 3. The number of rotatable bonds is 9. The fourth-order valence-corrected chi connectivity index (χ4v) is 3.11. The molecule has 0 spiro atoms. The van der Waals surface area contributed by atoms with Gasteiger partial charge in [-0.3, -0.25) is 0 Å². The summed E-state index contributed by atoms with van der Waals surface area (Å²) in [6.07, 6.45) is 5.12. The zero-order chi connectivity index (χ0) is 14.4. The Morgan fingerprint density at radius 1 is 0.842 bits per heavy atom. The average Bonchev–Trinajstić information content (AvgIpc) is 2.43. The van der Waals surface area contributed by atoms with Crippen LogP contribution in [0, 0.1) is 9.02 Å². The highest BCUT2D eigenvalue weighted by atomic mass is 32.1. The Hall–Kier alpha value is -0.480. The first-order valence-electron chi connectivity index (χ1n) is 7.37. The van der Waals surface area contributed by atoms with Gasteiger partial charge in [0, 0.05) is 26.7 Å². The maximum Gasteiger partial charge on any atom is 0.0835 e. The van der Waals surface area contributed by atoms with Crippen molar-refractivity contribution in [2.75, 3.05) is 36.5 Å². The van der Waals surface area contributed by atoms with Gasteiger partial charge in [-0.25, -0.2) is 0 Å². The van der Waals surface area contributed by atoms with Gasteiger partial charge in [-0.05, 0) is 20.3 Å². The van der Waals surface area contributed by atoms with Gasteiger partial charge in [0.2, 0.25) is 0 Å². The van der Waals surface area contributed by atoms with E-state index < -0.39 is 0 Å². The molecule has 4 heteroatoms. The van der Waals surface area contributed by atoms with Gasteiger partial charge in [-0.15, -0.1) is 0 Å². The minimum Gasteiger partial charge on any atom is -0.372 e. The van der Waals surface area contributed by atoms with E-state index in [0.717, 1.165) is 28.7 Å². The molecule has 0 heterocycles. The molecule has 0 bridgehead atoms. The van der Waals surface area contributed by atoms with E-state index in [9.17, 15) is 0 Å². The summed E-state index contributed by atoms with van der Waals surface area (Å²) >= 11 is 10.8. The van der Waals surface area contributed by atoms with E-state index in [1.54, 1.807) is 0 Å². The van der Waals surface area contributed by atoms with Crippen LogP contribution in [0.1, 0.15) is 46.5 Å². The van der Waals surface area contributed by atoms with Crippen molar-refractivity contribution in [1.29, 1.82) is 0 Å². The predicted octanol–water partition coefficient (Wildman–Crippen LogP) is 4.88. The Balaban J connectivity index is 2.75. The molecule has 0 aliphatic carbocycles. The minimum atomic E-state index is 0.883. The summed E-state index contributed by atoms with van der Waals surface area (Å²) in [6, 6.07) is 0. The molecule has 0 aromatic heterocycles. The van der Waals surface area contributed by atoms with Crippen LogP contribution < -0.4 is 9.80 Å². The van der Waals surface area contributed by atoms with E-state index in [0.29, 0.717) is 0 Å². The molecule has 0 amide bonds. The molecular weight excluding hydrogens is 272 g/mol. The lowest BCUT2D eigenvalue weighted by atomic mass is 10.1. The smallest absolute Gasteiger partial charge is 0.0835 e. The molecule has 0 N–H and O–H groups in total. The third kappa shape index (κ3) is 3.76. The number of hydrogen-bond donors (Lipinski definition) is 0. The van der Waals surface area contributed by atoms with Crippen molar-refractivity contribution in [3.05, 3.63) is 9.02 Å². The molecule has 19 heavy (non-hydrogen) atoms. The van der Waals surface area contributed by atoms with Crippen molar-refractivity contribution in [1.82, 2.24) is 0 Å². The van der Waals surface area contributed by atoms with Gasteiger partial charge < -0.3 is 9.80 Å². The molecular formula is C15H26N2S2. The number of anilines is 2. The topological polar surface area (TPSA) is 6.48 Å². The van der Waals surface area contributed by atoms with E-state index in [1.165, 1.54) is 37.1 Å². The van der Waals surface area contributed by atoms with E-state index in [-0.39, 0.29) is 0 Å². The minimum absolute atomic E-state index is 0.883. The van der Waals surface area contributed by atoms with E-state index >= 15 is 0 Å². The normalized spacial score (nSPS) is 10.9. The van der Waals surface area contributed by atoms with E-state index in [1.807, 2.05) is 0 Å². The molecule has 0 fully saturated rings. The Morgan fingerprint density at radius 2 is 1.42 bits per heavy atom. The third-order valence-electron chi connectivity index (χ3n) is 3.67. The summed E-state index contributed by atoms with van der Waals surface area (Å²) in [6.45, 7) is 9.62. The van der Waals surface area contributed by atoms with Crippen LogP contribution in [-0.4, -0.2) is 26.7 Å². The standard InChI is InChI=1S/C15H26N2S2/c1-5-8-9-10-11-16(4)12-13(15(19)14(12)18)17(6-2)7-3/h5-11H2,1-4H3. The second kappa shape index (κ2) is 7.95. The second-order valence-electron chi connectivity index (χ2n) is 5.01. The lowest BCUT2D eigenvalue weighted by Crippen LogP contribution is -2.29. The summed E-state index contributed by atoms with van der Waals surface area (Å²) in [5, 5.41) is 0. The largest absolute Gasteiger partial charge is 0.372 e. The molecule has 0 aliphatic rings. The Morgan fingerprint density at radius 3 is 1.95 bits per heavy atom. The summed E-state index contributed by atoms with van der Waals surface area (Å²) < 4.78 is 1.77. The van der Waals surface area contributed by atoms with Crippen LogP contribution in [0.5, 0.6) is 0 Å². The van der Waals surface area contributed by atoms with Crippen LogP contribution >= 0.6 is 24.4 Å². The zero-order valence-electron chi connectivity index (χ0n) is 12.7. The predicted molar refractivity (Wildman–Crippen MR) is 91.5 cm³/mol. The molecule has 2 nitrogen and oxygen atoms in total. The van der Waals surface area contributed by atoms with Crippen molar-refractivity contribution < 1.29 is 0 Å². The Labute approximate surface area is 128 Å². The fraction of sp³-hybridized carbons (Fsp3) is 0.733. The number of hydrogen-bond acceptors (Lipinski definition) is 4. The molecule has 0 atom stereocenters. The Bertz CT molecular complexity index is 457. The first-order chi connectivity index (χ1) is 9.08. The van der Waals surface area contributed by atoms with Crippen molar-refractivity contribution in [3.8, 4) is 0 Å². The van der Waals surface area contributed by atoms with Crippen LogP contribution in [0.15, 0.2) is 0 Å². The SMILES string of the molecule is CCCCCCN(C)c1c(N(CC)CC)c(=S)c1=S. The van der Waals surface area contributed by atoms with Gasteiger partial charge >= 0.3 is 0 Å². The molecule has 0 saturated heterocycles. The van der Waals surface area contributed by atoms with Crippen molar-refractivity contribution in [2.45, 2.75) is 46.5 Å². The van der Waals surface area contributed by atoms with Crippen LogP contribution in [-0.2, 0) is 0 Å². The number of nitrogens with zero attached hydrogens (tertiary/aromatic N) is 2. The first-order valence-corrected chi connectivity index (χ1v) is 8.19. The van der Waals surface area contributed by atoms with Gasteiger partial charge in [0.25, 0.3) is 0 Å². The van der Waals surface area contributed by atoms with Gasteiger partial charge in [0.1, 0.15) is 0 Å². The molecule has 0 aliphatic heterocycles. The maximum absolute atomic E-state index is 5.43. The Kier molecular flexibility index (Phi) is 6.94. The molecule has 0 saturated carbocycles. The molecule has 1 aromatic rings. The van der Waals surface area contributed by atoms with Crippen molar-refractivity contribution >= 4 is 35.8 Å². The summed E-state index contributed by atoms with van der Waals surface area (Å²) in [5.74, 6) is 0. The second-order valence-corrected chi connectivity index (χ2v) is 5.83. The summed E-state index contributed by atoms with van der Waals surface area (Å²) in [7, 11) is 2.14. The van der Waals surface area contributed by atoms with Crippen LogP contribution in [0.2, 0.25) is 0 Å². The maximum atomic E-state index is 5.43. The van der Waals surface area contributed by atoms with Crippen LogP contribution in [0.3, 0.4) is 0 Å². The first kappa shape index (κ1) is 16.6. The highest BCUT2D eigenvalue weighted by Crippen LogP contribution is 2.38. The highest BCUT2D eigenvalue weighted by molar-refractivity contribution is 7.74. The molecule has 108 valence electrons. The molecule has 1 aromatic carbocycles. The monoisotopic (exact) mass is 298 g/mol. The van der Waals surface area contributed by atoms with Crippen LogP contribution in [0.4, 0.5) is 11.4 Å². The molecule has 0 radical (unpaired) electrons. The van der Waals surface area contributed by atoms with Gasteiger partial charge in [-0.1, -0.05) is 50.6 Å². The lowest BCUT2D eigenvalue weighted by Gasteiger charge is -2.32. The highest BCUT2D eigenvalue weighted by Gasteiger charge is 2.21. The summed E-state index contributed by atoms with van der Waals surface area (Å²) in [4.78, 5) is 4.61. The third-order valence-corrected chi connectivity index (χ3v) is 4.59. The molecule has 0 unspecified atom stereocenters. The average molecular weight is 299 g/mol. The van der Waals surface area contributed by atoms with Crippen LogP contribution in [0.25, 0.3) is 0 Å². The lowest BCUT2D eigenvalue weighted by molar-refractivity contribution is 0.660. The molecule has 1 rings (SSSR count). The fourth-order valence-electron chi connectivity index (χ4n) is 2.44. The van der Waals surface area contributed by atoms with Gasteiger partial charge in [-0.2, -0.15) is 0 Å².